The predicted molar refractivity (Wildman–Crippen MR) is 258 cm³/mol. The van der Waals surface area contributed by atoms with Gasteiger partial charge in [-0.1, -0.05) is 204 Å². The van der Waals surface area contributed by atoms with E-state index in [1.165, 1.54) is 100 Å². The summed E-state index contributed by atoms with van der Waals surface area (Å²) >= 11 is 0. The van der Waals surface area contributed by atoms with Crippen LogP contribution >= 0.6 is 0 Å². The lowest BCUT2D eigenvalue weighted by Gasteiger charge is -2.25. The maximum absolute atomic E-state index is 3.92. The summed E-state index contributed by atoms with van der Waals surface area (Å²) in [4.78, 5) is 0. The molecular weight excluding hydrogens is 735 g/mol. The Kier molecular flexibility index (Phi) is 8.58. The van der Waals surface area contributed by atoms with Gasteiger partial charge in [0, 0.05) is 27.8 Å². The summed E-state index contributed by atoms with van der Waals surface area (Å²) in [5, 5.41) is 3.92. The van der Waals surface area contributed by atoms with Gasteiger partial charge in [0.25, 0.3) is 0 Å². The van der Waals surface area contributed by atoms with Crippen LogP contribution in [-0.4, -0.2) is 0 Å². The van der Waals surface area contributed by atoms with Crippen molar-refractivity contribution >= 4 is 11.4 Å². The molecule has 1 N–H and O–H groups in total. The molecule has 61 heavy (non-hydrogen) atoms. The highest BCUT2D eigenvalue weighted by Gasteiger charge is 2.38. The van der Waals surface area contributed by atoms with E-state index in [1.54, 1.807) is 0 Å². The summed E-state index contributed by atoms with van der Waals surface area (Å²) in [5.41, 5.74) is 25.0. The summed E-state index contributed by atoms with van der Waals surface area (Å²) in [7, 11) is 0. The molecule has 0 spiro atoms. The van der Waals surface area contributed by atoms with Crippen molar-refractivity contribution in [1.82, 2.24) is 0 Å². The minimum absolute atomic E-state index is 0.0795. The van der Waals surface area contributed by atoms with Gasteiger partial charge in [-0.25, -0.2) is 0 Å². The average molecular weight is 782 g/mol. The number of benzene rings is 9. The molecule has 0 heterocycles. The molecule has 0 atom stereocenters. The first-order chi connectivity index (χ1) is 29.8. The van der Waals surface area contributed by atoms with E-state index in [1.807, 2.05) is 0 Å². The van der Waals surface area contributed by atoms with Crippen molar-refractivity contribution in [1.29, 1.82) is 0 Å². The molecule has 0 aliphatic heterocycles. The third kappa shape index (κ3) is 6.07. The molecule has 2 aliphatic rings. The third-order valence-corrected chi connectivity index (χ3v) is 13.5. The van der Waals surface area contributed by atoms with Gasteiger partial charge >= 0.3 is 0 Å². The number of fused-ring (bicyclic) bond motifs is 6. The Labute approximate surface area is 360 Å². The molecule has 0 amide bonds. The molecule has 9 aromatic rings. The Balaban J connectivity index is 1.02. The second-order valence-corrected chi connectivity index (χ2v) is 17.8. The van der Waals surface area contributed by atoms with E-state index in [0.29, 0.717) is 0 Å². The molecule has 0 unspecified atom stereocenters. The van der Waals surface area contributed by atoms with Crippen LogP contribution in [0, 0.1) is 0 Å². The number of rotatable bonds is 7. The number of anilines is 2. The summed E-state index contributed by atoms with van der Waals surface area (Å²) < 4.78 is 0. The number of nitrogens with one attached hydrogen (secondary N) is 1. The Morgan fingerprint density at radius 2 is 0.770 bits per heavy atom. The van der Waals surface area contributed by atoms with Crippen LogP contribution in [0.5, 0.6) is 0 Å². The minimum Gasteiger partial charge on any atom is -0.355 e. The van der Waals surface area contributed by atoms with Crippen LogP contribution in [0.15, 0.2) is 206 Å². The minimum atomic E-state index is -0.120. The van der Waals surface area contributed by atoms with E-state index in [0.717, 1.165) is 11.4 Å². The normalized spacial score (nSPS) is 13.8. The fraction of sp³-hybridized carbons (Fsp3) is 0.100. The van der Waals surface area contributed by atoms with Crippen molar-refractivity contribution in [2.24, 2.45) is 0 Å². The largest absolute Gasteiger partial charge is 0.355 e. The van der Waals surface area contributed by atoms with Crippen molar-refractivity contribution in [3.63, 3.8) is 0 Å². The summed E-state index contributed by atoms with van der Waals surface area (Å²) in [6.07, 6.45) is 0. The lowest BCUT2D eigenvalue weighted by molar-refractivity contribution is 0.660. The first kappa shape index (κ1) is 36.8. The third-order valence-electron chi connectivity index (χ3n) is 13.5. The highest BCUT2D eigenvalue weighted by Crippen LogP contribution is 2.53. The van der Waals surface area contributed by atoms with Crippen LogP contribution in [0.2, 0.25) is 0 Å². The zero-order chi connectivity index (χ0) is 41.3. The molecule has 2 aliphatic carbocycles. The lowest BCUT2D eigenvalue weighted by atomic mass is 9.78. The molecule has 0 fully saturated rings. The molecule has 9 aromatic carbocycles. The van der Waals surface area contributed by atoms with Crippen molar-refractivity contribution in [3.8, 4) is 77.9 Å². The highest BCUT2D eigenvalue weighted by atomic mass is 14.9. The van der Waals surface area contributed by atoms with Gasteiger partial charge in [0.1, 0.15) is 0 Å². The van der Waals surface area contributed by atoms with Gasteiger partial charge in [-0.05, 0) is 125 Å². The molecule has 0 saturated heterocycles. The monoisotopic (exact) mass is 781 g/mol. The van der Waals surface area contributed by atoms with Crippen LogP contribution in [-0.2, 0) is 10.8 Å². The average Bonchev–Trinajstić information content (AvgIpc) is 3.69. The predicted octanol–water partition coefficient (Wildman–Crippen LogP) is 16.4. The molecule has 0 aromatic heterocycles. The Morgan fingerprint density at radius 1 is 0.279 bits per heavy atom. The molecule has 0 radical (unpaired) electrons. The van der Waals surface area contributed by atoms with Crippen LogP contribution in [0.4, 0.5) is 11.4 Å². The van der Waals surface area contributed by atoms with Crippen molar-refractivity contribution in [2.45, 2.75) is 38.5 Å². The topological polar surface area (TPSA) is 12.0 Å². The Bertz CT molecular complexity index is 3130. The molecule has 11 rings (SSSR count). The Hall–Kier alpha value is -7.22. The van der Waals surface area contributed by atoms with Crippen LogP contribution in [0.25, 0.3) is 77.9 Å². The SMILES string of the molecule is CC1(C)c2ccccc2-c2ccc(Nc3ccc(-c4cccc5c4C(C)(C)c4ccccc4-5)cc3-c3ccc(-c4ccc(-c5ccccc5)c(-c5ccccc5)c4)cc3)cc21. The summed E-state index contributed by atoms with van der Waals surface area (Å²) in [6.45, 7) is 9.44. The van der Waals surface area contributed by atoms with Crippen molar-refractivity contribution in [2.75, 3.05) is 5.32 Å². The zero-order valence-electron chi connectivity index (χ0n) is 35.1. The lowest BCUT2D eigenvalue weighted by Crippen LogP contribution is -2.16. The van der Waals surface area contributed by atoms with E-state index in [-0.39, 0.29) is 10.8 Å². The summed E-state index contributed by atoms with van der Waals surface area (Å²) in [6, 6.07) is 76.0. The molecule has 1 nitrogen and oxygen atoms in total. The van der Waals surface area contributed by atoms with E-state index < -0.39 is 0 Å². The van der Waals surface area contributed by atoms with Crippen LogP contribution in [0.3, 0.4) is 0 Å². The molecule has 1 heteroatoms. The zero-order valence-corrected chi connectivity index (χ0v) is 35.1. The van der Waals surface area contributed by atoms with Crippen molar-refractivity contribution in [3.05, 3.63) is 229 Å². The second-order valence-electron chi connectivity index (χ2n) is 17.8. The maximum atomic E-state index is 3.92. The maximum Gasteiger partial charge on any atom is 0.0464 e. The molecule has 0 saturated carbocycles. The fourth-order valence-corrected chi connectivity index (χ4v) is 10.4. The van der Waals surface area contributed by atoms with E-state index >= 15 is 0 Å². The summed E-state index contributed by atoms with van der Waals surface area (Å²) in [5.74, 6) is 0. The van der Waals surface area contributed by atoms with Crippen LogP contribution < -0.4 is 5.32 Å². The van der Waals surface area contributed by atoms with Gasteiger partial charge in [-0.15, -0.1) is 0 Å². The van der Waals surface area contributed by atoms with Gasteiger partial charge < -0.3 is 5.32 Å². The van der Waals surface area contributed by atoms with Gasteiger partial charge in [0.2, 0.25) is 0 Å². The first-order valence-electron chi connectivity index (χ1n) is 21.5. The second kappa shape index (κ2) is 14.2. The van der Waals surface area contributed by atoms with Gasteiger partial charge in [-0.3, -0.25) is 0 Å². The van der Waals surface area contributed by atoms with E-state index in [2.05, 4.69) is 239 Å². The smallest absolute Gasteiger partial charge is 0.0464 e. The van der Waals surface area contributed by atoms with Crippen LogP contribution in [0.1, 0.15) is 49.9 Å². The quantitative estimate of drug-likeness (QED) is 0.170. The van der Waals surface area contributed by atoms with E-state index in [4.69, 9.17) is 0 Å². The fourth-order valence-electron chi connectivity index (χ4n) is 10.4. The van der Waals surface area contributed by atoms with Gasteiger partial charge in [-0.2, -0.15) is 0 Å². The van der Waals surface area contributed by atoms with Crippen molar-refractivity contribution < 1.29 is 0 Å². The standard InChI is InChI=1S/C60H47N/c1-59(2)54-24-13-11-20-48(54)50-34-32-45(38-56(50)59)61-57-35-31-44(47-22-15-23-51-49-21-12-14-25-55(49)60(3,4)58(47)51)37-53(57)42-28-26-39(27-29-42)43-30-33-46(40-16-7-5-8-17-40)52(36-43)41-18-9-6-10-19-41/h5-38,61H,1-4H3. The number of hydrogen-bond donors (Lipinski definition) is 1. The van der Waals surface area contributed by atoms with Gasteiger partial charge in [0.05, 0.1) is 0 Å². The molecular formula is C60H47N. The van der Waals surface area contributed by atoms with E-state index in [9.17, 15) is 0 Å². The molecule has 0 bridgehead atoms. The number of hydrogen-bond acceptors (Lipinski definition) is 1. The first-order valence-corrected chi connectivity index (χ1v) is 21.5. The highest BCUT2D eigenvalue weighted by molar-refractivity contribution is 5.93. The van der Waals surface area contributed by atoms with Gasteiger partial charge in [0.15, 0.2) is 0 Å². The molecule has 292 valence electrons. The Morgan fingerprint density at radius 3 is 1.49 bits per heavy atom.